The van der Waals surface area contributed by atoms with Gasteiger partial charge in [-0.3, -0.25) is 4.79 Å². The molecule has 2 aromatic carbocycles. The highest BCUT2D eigenvalue weighted by Crippen LogP contribution is 2.17. The van der Waals surface area contributed by atoms with E-state index in [0.29, 0.717) is 17.1 Å². The van der Waals surface area contributed by atoms with E-state index < -0.39 is 0 Å². The van der Waals surface area contributed by atoms with Crippen LogP contribution in [0.3, 0.4) is 0 Å². The van der Waals surface area contributed by atoms with Crippen molar-refractivity contribution >= 4 is 34.2 Å². The summed E-state index contributed by atoms with van der Waals surface area (Å²) in [7, 11) is 0. The zero-order valence-electron chi connectivity index (χ0n) is 11.5. The topological polar surface area (TPSA) is 57.8 Å². The van der Waals surface area contributed by atoms with Crippen molar-refractivity contribution in [1.29, 1.82) is 0 Å². The van der Waals surface area contributed by atoms with E-state index in [-0.39, 0.29) is 5.91 Å². The number of imidazole rings is 1. The minimum atomic E-state index is -0.0761. The lowest BCUT2D eigenvalue weighted by molar-refractivity contribution is -0.115. The number of hydrogen-bond acceptors (Lipinski definition) is 2. The average Bonchev–Trinajstić information content (AvgIpc) is 2.78. The van der Waals surface area contributed by atoms with Crippen LogP contribution in [0.25, 0.3) is 11.0 Å². The minimum Gasteiger partial charge on any atom is -0.342 e. The maximum absolute atomic E-state index is 12.1. The van der Waals surface area contributed by atoms with Gasteiger partial charge in [0.1, 0.15) is 5.82 Å². The third kappa shape index (κ3) is 3.23. The van der Waals surface area contributed by atoms with Gasteiger partial charge in [-0.2, -0.15) is 0 Å². The van der Waals surface area contributed by atoms with Crippen LogP contribution in [0.5, 0.6) is 0 Å². The molecule has 3 rings (SSSR count). The van der Waals surface area contributed by atoms with E-state index in [1.165, 1.54) is 0 Å². The molecule has 0 saturated heterocycles. The second-order valence-electron chi connectivity index (χ2n) is 4.91. The van der Waals surface area contributed by atoms with Crippen LogP contribution in [0.15, 0.2) is 42.5 Å². The number of nitrogens with zero attached hydrogens (tertiary/aromatic N) is 1. The molecule has 3 aromatic rings. The maximum atomic E-state index is 12.1. The van der Waals surface area contributed by atoms with Gasteiger partial charge in [0, 0.05) is 10.7 Å². The zero-order chi connectivity index (χ0) is 14.8. The minimum absolute atomic E-state index is 0.0761. The lowest BCUT2D eigenvalue weighted by atomic mass is 10.1. The summed E-state index contributed by atoms with van der Waals surface area (Å²) in [4.78, 5) is 19.6. The number of rotatable bonds is 3. The Hall–Kier alpha value is -2.33. The first-order valence-electron chi connectivity index (χ1n) is 6.61. The van der Waals surface area contributed by atoms with Crippen molar-refractivity contribution in [2.24, 2.45) is 0 Å². The van der Waals surface area contributed by atoms with Crippen LogP contribution in [0.1, 0.15) is 11.4 Å². The van der Waals surface area contributed by atoms with E-state index in [0.717, 1.165) is 22.4 Å². The van der Waals surface area contributed by atoms with Crippen LogP contribution in [0, 0.1) is 6.92 Å². The molecule has 0 aliphatic heterocycles. The normalized spacial score (nSPS) is 10.8. The van der Waals surface area contributed by atoms with Crippen LogP contribution >= 0.6 is 11.6 Å². The van der Waals surface area contributed by atoms with E-state index >= 15 is 0 Å². The van der Waals surface area contributed by atoms with Crippen molar-refractivity contribution in [3.05, 3.63) is 58.9 Å². The lowest BCUT2D eigenvalue weighted by Gasteiger charge is -2.05. The number of carbonyl (C=O) groups is 1. The SMILES string of the molecule is Cc1nc2ccc(CC(=O)Nc3cccc(Cl)c3)cc2[nH]1. The summed E-state index contributed by atoms with van der Waals surface area (Å²) in [5.41, 5.74) is 3.49. The molecule has 0 aliphatic carbocycles. The van der Waals surface area contributed by atoms with Crippen molar-refractivity contribution in [2.75, 3.05) is 5.32 Å². The van der Waals surface area contributed by atoms with Crippen molar-refractivity contribution in [3.8, 4) is 0 Å². The predicted molar refractivity (Wildman–Crippen MR) is 84.6 cm³/mol. The lowest BCUT2D eigenvalue weighted by Crippen LogP contribution is -2.14. The molecule has 0 fully saturated rings. The van der Waals surface area contributed by atoms with Crippen molar-refractivity contribution < 1.29 is 4.79 Å². The Bertz CT molecular complexity index is 810. The molecule has 1 amide bonds. The summed E-state index contributed by atoms with van der Waals surface area (Å²) in [5.74, 6) is 0.790. The predicted octanol–water partition coefficient (Wildman–Crippen LogP) is 3.71. The second-order valence-corrected chi connectivity index (χ2v) is 5.35. The number of aromatic nitrogens is 2. The Morgan fingerprint density at radius 2 is 2.14 bits per heavy atom. The summed E-state index contributed by atoms with van der Waals surface area (Å²) in [6.07, 6.45) is 0.306. The molecule has 0 atom stereocenters. The molecule has 5 heteroatoms. The van der Waals surface area contributed by atoms with E-state index in [4.69, 9.17) is 11.6 Å². The van der Waals surface area contributed by atoms with Crippen LogP contribution in [0.4, 0.5) is 5.69 Å². The number of benzene rings is 2. The third-order valence-electron chi connectivity index (χ3n) is 3.14. The fraction of sp³-hybridized carbons (Fsp3) is 0.125. The van der Waals surface area contributed by atoms with Crippen molar-refractivity contribution in [1.82, 2.24) is 9.97 Å². The number of H-pyrrole nitrogens is 1. The van der Waals surface area contributed by atoms with E-state index in [1.54, 1.807) is 18.2 Å². The standard InChI is InChI=1S/C16H14ClN3O/c1-10-18-14-6-5-11(7-15(14)19-10)8-16(21)20-13-4-2-3-12(17)9-13/h2-7,9H,8H2,1H3,(H,18,19)(H,20,21). The molecular weight excluding hydrogens is 286 g/mol. The van der Waals surface area contributed by atoms with Crippen LogP contribution in [-0.2, 0) is 11.2 Å². The number of carbonyl (C=O) groups excluding carboxylic acids is 1. The Balaban J connectivity index is 1.73. The molecule has 0 unspecified atom stereocenters. The van der Waals surface area contributed by atoms with Gasteiger partial charge in [0.15, 0.2) is 0 Å². The first-order chi connectivity index (χ1) is 10.1. The molecule has 21 heavy (non-hydrogen) atoms. The molecule has 0 saturated carbocycles. The molecule has 0 spiro atoms. The van der Waals surface area contributed by atoms with Gasteiger partial charge in [-0.05, 0) is 42.8 Å². The van der Waals surface area contributed by atoms with E-state index in [1.807, 2.05) is 31.2 Å². The van der Waals surface area contributed by atoms with Gasteiger partial charge in [0.05, 0.1) is 17.5 Å². The van der Waals surface area contributed by atoms with Crippen molar-refractivity contribution in [3.63, 3.8) is 0 Å². The Morgan fingerprint density at radius 1 is 1.29 bits per heavy atom. The molecule has 0 aliphatic rings. The van der Waals surface area contributed by atoms with Crippen LogP contribution in [-0.4, -0.2) is 15.9 Å². The molecule has 4 nitrogen and oxygen atoms in total. The number of amides is 1. The summed E-state index contributed by atoms with van der Waals surface area (Å²) in [5, 5.41) is 3.43. The fourth-order valence-electron chi connectivity index (χ4n) is 2.25. The Labute approximate surface area is 127 Å². The summed E-state index contributed by atoms with van der Waals surface area (Å²) in [6, 6.07) is 12.9. The average molecular weight is 300 g/mol. The number of aromatic amines is 1. The molecular formula is C16H14ClN3O. The maximum Gasteiger partial charge on any atom is 0.228 e. The summed E-state index contributed by atoms with van der Waals surface area (Å²) >= 11 is 5.89. The van der Waals surface area contributed by atoms with Crippen LogP contribution < -0.4 is 5.32 Å². The molecule has 106 valence electrons. The smallest absolute Gasteiger partial charge is 0.228 e. The molecule has 0 radical (unpaired) electrons. The second kappa shape index (κ2) is 5.58. The third-order valence-corrected chi connectivity index (χ3v) is 3.37. The Morgan fingerprint density at radius 3 is 2.95 bits per heavy atom. The van der Waals surface area contributed by atoms with Crippen LogP contribution in [0.2, 0.25) is 5.02 Å². The van der Waals surface area contributed by atoms with Gasteiger partial charge < -0.3 is 10.3 Å². The summed E-state index contributed by atoms with van der Waals surface area (Å²) in [6.45, 7) is 1.91. The number of hydrogen-bond donors (Lipinski definition) is 2. The fourth-order valence-corrected chi connectivity index (χ4v) is 2.44. The molecule has 1 heterocycles. The highest BCUT2D eigenvalue weighted by atomic mass is 35.5. The molecule has 2 N–H and O–H groups in total. The molecule has 1 aromatic heterocycles. The van der Waals surface area contributed by atoms with Gasteiger partial charge in [-0.25, -0.2) is 4.98 Å². The van der Waals surface area contributed by atoms with Gasteiger partial charge >= 0.3 is 0 Å². The first-order valence-corrected chi connectivity index (χ1v) is 6.98. The highest BCUT2D eigenvalue weighted by molar-refractivity contribution is 6.30. The van der Waals surface area contributed by atoms with Crippen molar-refractivity contribution in [2.45, 2.75) is 13.3 Å². The quantitative estimate of drug-likeness (QED) is 0.774. The number of halogens is 1. The monoisotopic (exact) mass is 299 g/mol. The van der Waals surface area contributed by atoms with Gasteiger partial charge in [-0.15, -0.1) is 0 Å². The number of nitrogens with one attached hydrogen (secondary N) is 2. The van der Waals surface area contributed by atoms with Gasteiger partial charge in [-0.1, -0.05) is 23.7 Å². The molecule has 0 bridgehead atoms. The number of anilines is 1. The number of fused-ring (bicyclic) bond motifs is 1. The van der Waals surface area contributed by atoms with E-state index in [2.05, 4.69) is 15.3 Å². The van der Waals surface area contributed by atoms with Gasteiger partial charge in [0.25, 0.3) is 0 Å². The first kappa shape index (κ1) is 13.6. The Kier molecular flexibility index (Phi) is 3.62. The van der Waals surface area contributed by atoms with E-state index in [9.17, 15) is 4.79 Å². The number of aryl methyl sites for hydroxylation is 1. The highest BCUT2D eigenvalue weighted by Gasteiger charge is 2.07. The van der Waals surface area contributed by atoms with Gasteiger partial charge in [0.2, 0.25) is 5.91 Å². The largest absolute Gasteiger partial charge is 0.342 e. The summed E-state index contributed by atoms with van der Waals surface area (Å²) < 4.78 is 0. The zero-order valence-corrected chi connectivity index (χ0v) is 12.2.